The van der Waals surface area contributed by atoms with Gasteiger partial charge >= 0.3 is 0 Å². The number of hydrogen-bond donors (Lipinski definition) is 2. The monoisotopic (exact) mass is 228 g/mol. The van der Waals surface area contributed by atoms with E-state index in [4.69, 9.17) is 15.9 Å². The van der Waals surface area contributed by atoms with Gasteiger partial charge in [0.25, 0.3) is 0 Å². The lowest BCUT2D eigenvalue weighted by molar-refractivity contribution is 0.126. The normalized spacial score (nSPS) is 10.6. The maximum atomic E-state index is 7.06. The van der Waals surface area contributed by atoms with Crippen LogP contribution in [0.1, 0.15) is 64.7 Å². The van der Waals surface area contributed by atoms with Crippen LogP contribution in [-0.4, -0.2) is 19.0 Å². The van der Waals surface area contributed by atoms with Crippen molar-refractivity contribution >= 4 is 5.84 Å². The summed E-state index contributed by atoms with van der Waals surface area (Å²) >= 11 is 0. The van der Waals surface area contributed by atoms with Gasteiger partial charge in [0.15, 0.2) is 0 Å². The van der Waals surface area contributed by atoms with Crippen LogP contribution < -0.4 is 5.73 Å². The fourth-order valence-corrected chi connectivity index (χ4v) is 1.61. The molecule has 3 nitrogen and oxygen atoms in total. The summed E-state index contributed by atoms with van der Waals surface area (Å²) in [4.78, 5) is 0. The minimum absolute atomic E-state index is 0.288. The maximum absolute atomic E-state index is 7.06. The Bertz CT molecular complexity index is 160. The van der Waals surface area contributed by atoms with Crippen molar-refractivity contribution in [3.8, 4) is 0 Å². The van der Waals surface area contributed by atoms with E-state index in [2.05, 4.69) is 6.92 Å². The molecule has 0 aliphatic rings. The zero-order valence-corrected chi connectivity index (χ0v) is 10.8. The Morgan fingerprint density at radius 3 is 2.12 bits per heavy atom. The van der Waals surface area contributed by atoms with Crippen LogP contribution in [0.15, 0.2) is 0 Å². The molecule has 0 aromatic heterocycles. The van der Waals surface area contributed by atoms with Gasteiger partial charge in [-0.15, -0.1) is 0 Å². The molecule has 0 unspecified atom stereocenters. The summed E-state index contributed by atoms with van der Waals surface area (Å²) < 4.78 is 5.51. The van der Waals surface area contributed by atoms with Crippen LogP contribution in [0, 0.1) is 5.41 Å². The molecule has 0 bridgehead atoms. The predicted octanol–water partition coefficient (Wildman–Crippen LogP) is 3.47. The van der Waals surface area contributed by atoms with E-state index in [9.17, 15) is 0 Å². The van der Waals surface area contributed by atoms with E-state index in [-0.39, 0.29) is 5.84 Å². The third-order valence-corrected chi connectivity index (χ3v) is 2.63. The van der Waals surface area contributed by atoms with Crippen molar-refractivity contribution in [2.75, 3.05) is 13.2 Å². The average molecular weight is 228 g/mol. The minimum Gasteiger partial charge on any atom is -0.388 e. The molecule has 16 heavy (non-hydrogen) atoms. The van der Waals surface area contributed by atoms with E-state index in [0.717, 1.165) is 26.1 Å². The molecule has 0 radical (unpaired) electrons. The molecule has 0 saturated carbocycles. The van der Waals surface area contributed by atoms with E-state index in [0.29, 0.717) is 6.42 Å². The van der Waals surface area contributed by atoms with Crippen molar-refractivity contribution in [1.82, 2.24) is 0 Å². The Morgan fingerprint density at radius 1 is 0.938 bits per heavy atom. The van der Waals surface area contributed by atoms with Gasteiger partial charge < -0.3 is 10.5 Å². The zero-order chi connectivity index (χ0) is 12.1. The van der Waals surface area contributed by atoms with Gasteiger partial charge in [-0.25, -0.2) is 0 Å². The zero-order valence-electron chi connectivity index (χ0n) is 10.8. The van der Waals surface area contributed by atoms with Gasteiger partial charge in [0.1, 0.15) is 0 Å². The maximum Gasteiger partial charge on any atom is 0.0905 e. The molecule has 0 amide bonds. The predicted molar refractivity (Wildman–Crippen MR) is 70.0 cm³/mol. The second kappa shape index (κ2) is 12.5. The number of nitrogens with one attached hydrogen (secondary N) is 1. The van der Waals surface area contributed by atoms with Gasteiger partial charge in [-0.05, 0) is 19.3 Å². The summed E-state index contributed by atoms with van der Waals surface area (Å²) in [6.45, 7) is 3.96. The number of nitrogens with two attached hydrogens (primary N) is 1. The van der Waals surface area contributed by atoms with Gasteiger partial charge in [-0.1, -0.05) is 39.0 Å². The van der Waals surface area contributed by atoms with Crippen LogP contribution in [0.3, 0.4) is 0 Å². The van der Waals surface area contributed by atoms with Crippen LogP contribution >= 0.6 is 0 Å². The Labute approximate surface area is 100 Å². The van der Waals surface area contributed by atoms with Gasteiger partial charge in [-0.2, -0.15) is 0 Å². The largest absolute Gasteiger partial charge is 0.388 e. The first-order chi connectivity index (χ1) is 7.77. The van der Waals surface area contributed by atoms with Crippen molar-refractivity contribution in [3.63, 3.8) is 0 Å². The summed E-state index contributed by atoms with van der Waals surface area (Å²) in [6, 6.07) is 0. The molecule has 0 saturated heterocycles. The van der Waals surface area contributed by atoms with Crippen LogP contribution in [0.5, 0.6) is 0 Å². The van der Waals surface area contributed by atoms with Gasteiger partial charge in [0.05, 0.1) is 5.84 Å². The molecule has 0 rings (SSSR count). The molecule has 0 aromatic carbocycles. The third-order valence-electron chi connectivity index (χ3n) is 2.63. The van der Waals surface area contributed by atoms with E-state index in [1.54, 1.807) is 0 Å². The smallest absolute Gasteiger partial charge is 0.0905 e. The second-order valence-electron chi connectivity index (χ2n) is 4.36. The third kappa shape index (κ3) is 13.4. The quantitative estimate of drug-likeness (QED) is 0.305. The number of amidine groups is 1. The topological polar surface area (TPSA) is 59.1 Å². The Morgan fingerprint density at radius 2 is 1.50 bits per heavy atom. The Hall–Kier alpha value is -0.570. The summed E-state index contributed by atoms with van der Waals surface area (Å²) in [5, 5.41) is 7.06. The lowest BCUT2D eigenvalue weighted by Crippen LogP contribution is -2.09. The first-order valence-corrected chi connectivity index (χ1v) is 6.68. The average Bonchev–Trinajstić information content (AvgIpc) is 2.25. The lowest BCUT2D eigenvalue weighted by Gasteiger charge is -2.04. The van der Waals surface area contributed by atoms with Crippen molar-refractivity contribution in [2.45, 2.75) is 64.7 Å². The van der Waals surface area contributed by atoms with E-state index < -0.39 is 0 Å². The number of rotatable bonds is 12. The number of hydrogen-bond acceptors (Lipinski definition) is 2. The van der Waals surface area contributed by atoms with Gasteiger partial charge in [0, 0.05) is 19.6 Å². The Balaban J connectivity index is 2.90. The van der Waals surface area contributed by atoms with Crippen LogP contribution in [0.4, 0.5) is 0 Å². The summed E-state index contributed by atoms with van der Waals surface area (Å²) in [6.07, 6.45) is 10.6. The van der Waals surface area contributed by atoms with Crippen molar-refractivity contribution in [3.05, 3.63) is 0 Å². The fourth-order valence-electron chi connectivity index (χ4n) is 1.61. The number of unbranched alkanes of at least 4 members (excludes halogenated alkanes) is 6. The highest BCUT2D eigenvalue weighted by molar-refractivity contribution is 5.76. The summed E-state index contributed by atoms with van der Waals surface area (Å²) in [7, 11) is 0. The van der Waals surface area contributed by atoms with Crippen LogP contribution in [0.2, 0.25) is 0 Å². The molecule has 0 atom stereocenters. The fraction of sp³-hybridized carbons (Fsp3) is 0.923. The first kappa shape index (κ1) is 15.4. The van der Waals surface area contributed by atoms with Crippen molar-refractivity contribution in [1.29, 1.82) is 5.41 Å². The molecule has 0 fully saturated rings. The second-order valence-corrected chi connectivity index (χ2v) is 4.36. The van der Waals surface area contributed by atoms with E-state index >= 15 is 0 Å². The molecular weight excluding hydrogens is 200 g/mol. The highest BCUT2D eigenvalue weighted by Gasteiger charge is 1.93. The van der Waals surface area contributed by atoms with Crippen molar-refractivity contribution < 1.29 is 4.74 Å². The summed E-state index contributed by atoms with van der Waals surface area (Å²) in [5.41, 5.74) is 5.26. The van der Waals surface area contributed by atoms with Crippen LogP contribution in [-0.2, 0) is 4.74 Å². The SMILES string of the molecule is CCCCCCCCOCCCCC(=N)N. The van der Waals surface area contributed by atoms with Gasteiger partial charge in [-0.3, -0.25) is 5.41 Å². The highest BCUT2D eigenvalue weighted by atomic mass is 16.5. The molecule has 0 aromatic rings. The number of ether oxygens (including phenoxy) is 1. The lowest BCUT2D eigenvalue weighted by atomic mass is 10.1. The molecular formula is C13H28N2O. The van der Waals surface area contributed by atoms with Gasteiger partial charge in [0.2, 0.25) is 0 Å². The molecule has 0 aliphatic heterocycles. The molecule has 0 spiro atoms. The summed E-state index contributed by atoms with van der Waals surface area (Å²) in [5.74, 6) is 0.288. The minimum atomic E-state index is 0.288. The standard InChI is InChI=1S/C13H28N2O/c1-2-3-4-5-6-8-11-16-12-9-7-10-13(14)15/h2-12H2,1H3,(H3,14,15). The Kier molecular flexibility index (Phi) is 12.1. The molecule has 0 heterocycles. The van der Waals surface area contributed by atoms with E-state index in [1.807, 2.05) is 0 Å². The van der Waals surface area contributed by atoms with E-state index in [1.165, 1.54) is 38.5 Å². The first-order valence-electron chi connectivity index (χ1n) is 6.68. The molecule has 0 aliphatic carbocycles. The van der Waals surface area contributed by atoms with Crippen LogP contribution in [0.25, 0.3) is 0 Å². The highest BCUT2D eigenvalue weighted by Crippen LogP contribution is 2.05. The molecule has 3 heteroatoms. The molecule has 3 N–H and O–H groups in total. The molecule has 96 valence electrons. The van der Waals surface area contributed by atoms with Crippen molar-refractivity contribution in [2.24, 2.45) is 5.73 Å².